The SMILES string of the molecule is C=C(NC(=O)CCl)C(=O)OC.C=CC(=O)NN1CCC(C)C1=O. The lowest BCUT2D eigenvalue weighted by molar-refractivity contribution is -0.138. The summed E-state index contributed by atoms with van der Waals surface area (Å²) < 4.78 is 4.26. The molecule has 1 fully saturated rings. The molecule has 1 aliphatic heterocycles. The van der Waals surface area contributed by atoms with E-state index in [9.17, 15) is 19.2 Å². The molecule has 0 saturated carbocycles. The standard InChI is InChI=1S/C8H12N2O2.C6H8ClNO3/c1-3-7(11)9-10-5-4-6(2)8(10)12;1-4(6(10)11-2)8-5(9)3-7/h3,6H,1,4-5H2,2H3,(H,9,11);1,3H2,2H3,(H,8,9). The van der Waals surface area contributed by atoms with E-state index in [1.165, 1.54) is 12.1 Å². The molecule has 1 atom stereocenters. The first-order valence-electron chi connectivity index (χ1n) is 6.64. The average molecular weight is 346 g/mol. The number of nitrogens with zero attached hydrogens (tertiary/aromatic N) is 1. The van der Waals surface area contributed by atoms with E-state index in [1.807, 2.05) is 6.92 Å². The van der Waals surface area contributed by atoms with Gasteiger partial charge in [0.1, 0.15) is 11.6 Å². The Bertz CT molecular complexity index is 507. The lowest BCUT2D eigenvalue weighted by Crippen LogP contribution is -2.42. The Hall–Kier alpha value is -2.35. The van der Waals surface area contributed by atoms with E-state index in [-0.39, 0.29) is 29.3 Å². The first-order chi connectivity index (χ1) is 10.8. The molecule has 1 saturated heterocycles. The van der Waals surface area contributed by atoms with Crippen LogP contribution < -0.4 is 10.7 Å². The molecule has 3 amide bonds. The summed E-state index contributed by atoms with van der Waals surface area (Å²) in [6, 6.07) is 0. The molecular weight excluding hydrogens is 326 g/mol. The predicted octanol–water partition coefficient (Wildman–Crippen LogP) is 0.100. The summed E-state index contributed by atoms with van der Waals surface area (Å²) in [6.07, 6.45) is 1.95. The number of carbonyl (C=O) groups is 4. The lowest BCUT2D eigenvalue weighted by Gasteiger charge is -2.15. The van der Waals surface area contributed by atoms with E-state index in [0.29, 0.717) is 6.54 Å². The van der Waals surface area contributed by atoms with E-state index in [1.54, 1.807) is 0 Å². The van der Waals surface area contributed by atoms with Crippen LogP contribution in [0.3, 0.4) is 0 Å². The molecule has 1 unspecified atom stereocenters. The molecule has 0 aromatic rings. The highest BCUT2D eigenvalue weighted by Crippen LogP contribution is 2.14. The van der Waals surface area contributed by atoms with Crippen molar-refractivity contribution < 1.29 is 23.9 Å². The number of hydrogen-bond donors (Lipinski definition) is 2. The fourth-order valence-corrected chi connectivity index (χ4v) is 1.55. The third kappa shape index (κ3) is 7.46. The van der Waals surface area contributed by atoms with E-state index in [2.05, 4.69) is 28.6 Å². The Balaban J connectivity index is 0.000000423. The zero-order chi connectivity index (χ0) is 18.0. The Kier molecular flexibility index (Phi) is 9.33. The number of halogens is 1. The van der Waals surface area contributed by atoms with E-state index in [4.69, 9.17) is 11.6 Å². The van der Waals surface area contributed by atoms with Crippen molar-refractivity contribution in [1.82, 2.24) is 15.8 Å². The second-order valence-corrected chi connectivity index (χ2v) is 4.78. The monoisotopic (exact) mass is 345 g/mol. The molecule has 1 heterocycles. The van der Waals surface area contributed by atoms with E-state index >= 15 is 0 Å². The molecule has 0 bridgehead atoms. The number of hydrazine groups is 1. The van der Waals surface area contributed by atoms with Crippen LogP contribution in [0.2, 0.25) is 0 Å². The van der Waals surface area contributed by atoms with Crippen LogP contribution in [-0.2, 0) is 23.9 Å². The van der Waals surface area contributed by atoms with Gasteiger partial charge in [0.2, 0.25) is 11.8 Å². The number of amides is 3. The van der Waals surface area contributed by atoms with Gasteiger partial charge in [0, 0.05) is 12.5 Å². The fourth-order valence-electron chi connectivity index (χ4n) is 1.49. The van der Waals surface area contributed by atoms with Gasteiger partial charge in [-0.05, 0) is 12.5 Å². The third-order valence-electron chi connectivity index (χ3n) is 2.75. The highest BCUT2D eigenvalue weighted by molar-refractivity contribution is 6.27. The van der Waals surface area contributed by atoms with Crippen molar-refractivity contribution in [3.8, 4) is 0 Å². The Labute approximate surface area is 139 Å². The number of rotatable bonds is 5. The maximum absolute atomic E-state index is 11.2. The average Bonchev–Trinajstić information content (AvgIpc) is 2.86. The van der Waals surface area contributed by atoms with Gasteiger partial charge in [0.25, 0.3) is 5.91 Å². The van der Waals surface area contributed by atoms with Crippen molar-refractivity contribution in [1.29, 1.82) is 0 Å². The number of alkyl halides is 1. The number of ether oxygens (including phenoxy) is 1. The Morgan fingerprint density at radius 1 is 1.48 bits per heavy atom. The van der Waals surface area contributed by atoms with E-state index < -0.39 is 11.9 Å². The first-order valence-corrected chi connectivity index (χ1v) is 7.17. The van der Waals surface area contributed by atoms with Gasteiger partial charge in [-0.15, -0.1) is 11.6 Å². The molecule has 0 aliphatic carbocycles. The minimum absolute atomic E-state index is 0.0230. The quantitative estimate of drug-likeness (QED) is 0.418. The normalized spacial score (nSPS) is 15.9. The molecular formula is C14H20ClN3O5. The number of methoxy groups -OCH3 is 1. The Morgan fingerprint density at radius 2 is 2.09 bits per heavy atom. The smallest absolute Gasteiger partial charge is 0.353 e. The molecule has 1 aliphatic rings. The molecule has 9 heteroatoms. The van der Waals surface area contributed by atoms with Gasteiger partial charge in [-0.2, -0.15) is 0 Å². The zero-order valence-corrected chi connectivity index (χ0v) is 13.8. The van der Waals surface area contributed by atoms with Crippen LogP contribution in [0, 0.1) is 5.92 Å². The van der Waals surface area contributed by atoms with Gasteiger partial charge in [0.15, 0.2) is 0 Å². The first kappa shape index (κ1) is 20.6. The van der Waals surface area contributed by atoms with Crippen LogP contribution in [0.4, 0.5) is 0 Å². The summed E-state index contributed by atoms with van der Waals surface area (Å²) in [4.78, 5) is 43.1. The molecule has 2 N–H and O–H groups in total. The van der Waals surface area contributed by atoms with Crippen LogP contribution in [0.5, 0.6) is 0 Å². The highest BCUT2D eigenvalue weighted by Gasteiger charge is 2.28. The van der Waals surface area contributed by atoms with Gasteiger partial charge in [-0.3, -0.25) is 24.8 Å². The summed E-state index contributed by atoms with van der Waals surface area (Å²) >= 11 is 5.14. The van der Waals surface area contributed by atoms with Crippen molar-refractivity contribution in [3.05, 3.63) is 24.9 Å². The van der Waals surface area contributed by atoms with Crippen LogP contribution in [-0.4, -0.2) is 48.2 Å². The molecule has 128 valence electrons. The number of nitrogens with one attached hydrogen (secondary N) is 2. The minimum Gasteiger partial charge on any atom is -0.464 e. The highest BCUT2D eigenvalue weighted by atomic mass is 35.5. The third-order valence-corrected chi connectivity index (χ3v) is 2.99. The predicted molar refractivity (Wildman–Crippen MR) is 83.9 cm³/mol. The van der Waals surface area contributed by atoms with E-state index in [0.717, 1.165) is 12.5 Å². The molecule has 0 aromatic heterocycles. The topological polar surface area (TPSA) is 105 Å². The maximum atomic E-state index is 11.2. The number of carbonyl (C=O) groups excluding carboxylic acids is 4. The largest absolute Gasteiger partial charge is 0.464 e. The lowest BCUT2D eigenvalue weighted by atomic mass is 10.1. The van der Waals surface area contributed by atoms with Gasteiger partial charge in [-0.25, -0.2) is 4.79 Å². The number of esters is 1. The van der Waals surface area contributed by atoms with Gasteiger partial charge in [-0.1, -0.05) is 20.1 Å². The van der Waals surface area contributed by atoms with Crippen LogP contribution >= 0.6 is 11.6 Å². The molecule has 23 heavy (non-hydrogen) atoms. The van der Waals surface area contributed by atoms with Crippen LogP contribution in [0.1, 0.15) is 13.3 Å². The Morgan fingerprint density at radius 3 is 2.48 bits per heavy atom. The minimum atomic E-state index is -0.677. The van der Waals surface area contributed by atoms with Crippen LogP contribution in [0.25, 0.3) is 0 Å². The number of hydrogen-bond acceptors (Lipinski definition) is 5. The molecule has 0 aromatic carbocycles. The summed E-state index contributed by atoms with van der Waals surface area (Å²) in [5.41, 5.74) is 2.32. The summed E-state index contributed by atoms with van der Waals surface area (Å²) in [5, 5.41) is 3.48. The van der Waals surface area contributed by atoms with Crippen molar-refractivity contribution in [2.24, 2.45) is 5.92 Å². The molecule has 0 radical (unpaired) electrons. The van der Waals surface area contributed by atoms with Crippen molar-refractivity contribution >= 4 is 35.3 Å². The fraction of sp³-hybridized carbons (Fsp3) is 0.429. The molecule has 8 nitrogen and oxygen atoms in total. The molecule has 1 rings (SSSR count). The van der Waals surface area contributed by atoms with Gasteiger partial charge < -0.3 is 10.1 Å². The van der Waals surface area contributed by atoms with Crippen molar-refractivity contribution in [2.75, 3.05) is 19.5 Å². The van der Waals surface area contributed by atoms with Crippen molar-refractivity contribution in [3.63, 3.8) is 0 Å². The van der Waals surface area contributed by atoms with Gasteiger partial charge >= 0.3 is 5.97 Å². The summed E-state index contributed by atoms with van der Waals surface area (Å²) in [7, 11) is 1.19. The van der Waals surface area contributed by atoms with Crippen molar-refractivity contribution in [2.45, 2.75) is 13.3 Å². The van der Waals surface area contributed by atoms with Gasteiger partial charge in [0.05, 0.1) is 7.11 Å². The zero-order valence-electron chi connectivity index (χ0n) is 13.1. The molecule has 0 spiro atoms. The van der Waals surface area contributed by atoms with Crippen LogP contribution in [0.15, 0.2) is 24.9 Å². The maximum Gasteiger partial charge on any atom is 0.353 e. The second-order valence-electron chi connectivity index (χ2n) is 4.51. The summed E-state index contributed by atoms with van der Waals surface area (Å²) in [5.74, 6) is -1.71. The second kappa shape index (κ2) is 10.4. The summed E-state index contributed by atoms with van der Waals surface area (Å²) in [6.45, 7) is 8.99.